The van der Waals surface area contributed by atoms with Crippen molar-refractivity contribution in [1.29, 1.82) is 0 Å². The molecule has 2 aromatic heterocycles. The summed E-state index contributed by atoms with van der Waals surface area (Å²) in [4.78, 5) is 18.8. The molecule has 0 saturated carbocycles. The summed E-state index contributed by atoms with van der Waals surface area (Å²) in [7, 11) is -4.11. The standard InChI is InChI=1S/C26H27FN4O4S/c1-17-15-21-22(16-23(17)36(33,34)29-25-12-8-11-24(27)28-25)35-26(32)31(21)18(2)19-9-4-5-10-20(19)30-13-6-3-7-14-30/h4-5,8-12,15-16,18H,3,6-7,13-14H2,1-2H3,(H,28,29)/t18-/m1/s1. The van der Waals surface area contributed by atoms with E-state index in [4.69, 9.17) is 4.42 Å². The molecule has 188 valence electrons. The number of anilines is 2. The summed E-state index contributed by atoms with van der Waals surface area (Å²) in [6, 6.07) is 14.5. The molecule has 5 rings (SSSR count). The molecule has 0 spiro atoms. The first-order valence-electron chi connectivity index (χ1n) is 11.9. The number of nitrogens with zero attached hydrogens (tertiary/aromatic N) is 3. The van der Waals surface area contributed by atoms with Crippen LogP contribution in [0.1, 0.15) is 43.4 Å². The summed E-state index contributed by atoms with van der Waals surface area (Å²) >= 11 is 0. The fourth-order valence-electron chi connectivity index (χ4n) is 4.88. The Bertz CT molecular complexity index is 1590. The van der Waals surface area contributed by atoms with Crippen LogP contribution in [0.25, 0.3) is 11.1 Å². The number of oxazole rings is 1. The molecule has 0 bridgehead atoms. The summed E-state index contributed by atoms with van der Waals surface area (Å²) in [5.41, 5.74) is 3.16. The topological polar surface area (TPSA) is 97.4 Å². The first kappa shape index (κ1) is 24.1. The third-order valence-corrected chi connectivity index (χ3v) is 8.12. The number of piperidine rings is 1. The van der Waals surface area contributed by atoms with E-state index in [-0.39, 0.29) is 22.3 Å². The van der Waals surface area contributed by atoms with E-state index in [1.54, 1.807) is 17.6 Å². The fraction of sp³-hybridized carbons (Fsp3) is 0.308. The molecule has 1 atom stereocenters. The molecular formula is C26H27FN4O4S. The Hall–Kier alpha value is -3.66. The molecule has 8 nitrogen and oxygen atoms in total. The molecule has 0 unspecified atom stereocenters. The average Bonchev–Trinajstić information content (AvgIpc) is 3.18. The van der Waals surface area contributed by atoms with Crippen molar-refractivity contribution >= 4 is 32.6 Å². The number of hydrogen-bond acceptors (Lipinski definition) is 6. The number of sulfonamides is 1. The molecule has 0 radical (unpaired) electrons. The zero-order valence-electron chi connectivity index (χ0n) is 20.1. The molecule has 10 heteroatoms. The van der Waals surface area contributed by atoms with Crippen LogP contribution in [0, 0.1) is 12.9 Å². The average molecular weight is 511 g/mol. The first-order valence-corrected chi connectivity index (χ1v) is 13.4. The van der Waals surface area contributed by atoms with Crippen molar-refractivity contribution in [2.24, 2.45) is 0 Å². The summed E-state index contributed by atoms with van der Waals surface area (Å²) in [6.07, 6.45) is 3.48. The van der Waals surface area contributed by atoms with Gasteiger partial charge in [0.05, 0.1) is 16.5 Å². The van der Waals surface area contributed by atoms with Crippen molar-refractivity contribution in [1.82, 2.24) is 9.55 Å². The summed E-state index contributed by atoms with van der Waals surface area (Å²) < 4.78 is 48.9. The number of benzene rings is 2. The molecule has 1 N–H and O–H groups in total. The first-order chi connectivity index (χ1) is 17.2. The van der Waals surface area contributed by atoms with Gasteiger partial charge in [-0.2, -0.15) is 4.39 Å². The number of fused-ring (bicyclic) bond motifs is 1. The summed E-state index contributed by atoms with van der Waals surface area (Å²) in [5.74, 6) is -1.51. The molecule has 1 saturated heterocycles. The highest BCUT2D eigenvalue weighted by molar-refractivity contribution is 7.92. The Labute approximate surface area is 208 Å². The maximum Gasteiger partial charge on any atom is 0.420 e. The van der Waals surface area contributed by atoms with Crippen LogP contribution in [0.5, 0.6) is 0 Å². The van der Waals surface area contributed by atoms with Gasteiger partial charge in [0.15, 0.2) is 5.58 Å². The van der Waals surface area contributed by atoms with Gasteiger partial charge in [0.25, 0.3) is 10.0 Å². The second kappa shape index (κ2) is 9.42. The van der Waals surface area contributed by atoms with Gasteiger partial charge in [-0.3, -0.25) is 9.29 Å². The van der Waals surface area contributed by atoms with Crippen LogP contribution in [0.2, 0.25) is 0 Å². The molecule has 1 aliphatic rings. The molecule has 0 aliphatic carbocycles. The van der Waals surface area contributed by atoms with E-state index in [0.29, 0.717) is 11.1 Å². The predicted octanol–water partition coefficient (Wildman–Crippen LogP) is 4.84. The lowest BCUT2D eigenvalue weighted by Crippen LogP contribution is -2.31. The highest BCUT2D eigenvalue weighted by atomic mass is 32.2. The smallest absolute Gasteiger partial charge is 0.408 e. The Morgan fingerprint density at radius 3 is 2.56 bits per heavy atom. The summed E-state index contributed by atoms with van der Waals surface area (Å²) in [6.45, 7) is 5.52. The van der Waals surface area contributed by atoms with Gasteiger partial charge in [-0.1, -0.05) is 24.3 Å². The Morgan fingerprint density at radius 1 is 1.06 bits per heavy atom. The second-order valence-electron chi connectivity index (χ2n) is 9.06. The van der Waals surface area contributed by atoms with Crippen molar-refractivity contribution in [2.75, 3.05) is 22.7 Å². The van der Waals surface area contributed by atoms with Crippen molar-refractivity contribution < 1.29 is 17.2 Å². The van der Waals surface area contributed by atoms with Gasteiger partial charge in [0.2, 0.25) is 5.95 Å². The molecular weight excluding hydrogens is 483 g/mol. The number of aryl methyl sites for hydroxylation is 1. The minimum atomic E-state index is -4.11. The van der Waals surface area contributed by atoms with E-state index in [0.717, 1.165) is 43.2 Å². The number of nitrogens with one attached hydrogen (secondary N) is 1. The lowest BCUT2D eigenvalue weighted by atomic mass is 10.0. The van der Waals surface area contributed by atoms with Gasteiger partial charge >= 0.3 is 5.76 Å². The van der Waals surface area contributed by atoms with Gasteiger partial charge in [0.1, 0.15) is 5.82 Å². The highest BCUT2D eigenvalue weighted by Gasteiger charge is 2.25. The van der Waals surface area contributed by atoms with Crippen molar-refractivity contribution in [3.05, 3.63) is 82.2 Å². The quantitative estimate of drug-likeness (QED) is 0.373. The molecule has 36 heavy (non-hydrogen) atoms. The third kappa shape index (κ3) is 4.48. The van der Waals surface area contributed by atoms with Crippen LogP contribution in [0.15, 0.2) is 68.7 Å². The van der Waals surface area contributed by atoms with E-state index in [1.807, 2.05) is 25.1 Å². The van der Waals surface area contributed by atoms with E-state index >= 15 is 0 Å². The second-order valence-corrected chi connectivity index (χ2v) is 10.7. The largest absolute Gasteiger partial charge is 0.420 e. The predicted molar refractivity (Wildman–Crippen MR) is 137 cm³/mol. The van der Waals surface area contributed by atoms with E-state index in [9.17, 15) is 17.6 Å². The minimum Gasteiger partial charge on any atom is -0.408 e. The number of halogens is 1. The number of aromatic nitrogens is 2. The van der Waals surface area contributed by atoms with Crippen LogP contribution in [0.3, 0.4) is 0 Å². The number of rotatable bonds is 6. The van der Waals surface area contributed by atoms with Gasteiger partial charge in [0, 0.05) is 24.8 Å². The normalized spacial score (nSPS) is 15.2. The number of para-hydroxylation sites is 1. The van der Waals surface area contributed by atoms with Crippen LogP contribution in [-0.2, 0) is 10.0 Å². The molecule has 1 aliphatic heterocycles. The Morgan fingerprint density at radius 2 is 1.81 bits per heavy atom. The van der Waals surface area contributed by atoms with Crippen molar-refractivity contribution in [3.8, 4) is 0 Å². The SMILES string of the molecule is Cc1cc2c(cc1S(=O)(=O)Nc1cccc(F)n1)oc(=O)n2[C@H](C)c1ccccc1N1CCCCC1. The third-order valence-electron chi connectivity index (χ3n) is 6.62. The molecule has 4 aromatic rings. The van der Waals surface area contributed by atoms with Crippen LogP contribution >= 0.6 is 0 Å². The maximum absolute atomic E-state index is 13.4. The number of hydrogen-bond donors (Lipinski definition) is 1. The number of pyridine rings is 1. The van der Waals surface area contributed by atoms with E-state index in [1.165, 1.54) is 24.6 Å². The van der Waals surface area contributed by atoms with Gasteiger partial charge < -0.3 is 9.32 Å². The van der Waals surface area contributed by atoms with Gasteiger partial charge in [-0.15, -0.1) is 0 Å². The van der Waals surface area contributed by atoms with Crippen LogP contribution < -0.4 is 15.4 Å². The van der Waals surface area contributed by atoms with Crippen LogP contribution in [-0.4, -0.2) is 31.1 Å². The zero-order valence-corrected chi connectivity index (χ0v) is 20.9. The minimum absolute atomic E-state index is 0.0802. The van der Waals surface area contributed by atoms with Crippen LogP contribution in [0.4, 0.5) is 15.9 Å². The fourth-order valence-corrected chi connectivity index (χ4v) is 6.13. The van der Waals surface area contributed by atoms with E-state index < -0.39 is 21.7 Å². The molecule has 2 aromatic carbocycles. The Kier molecular flexibility index (Phi) is 6.29. The Balaban J connectivity index is 1.55. The van der Waals surface area contributed by atoms with Crippen molar-refractivity contribution in [3.63, 3.8) is 0 Å². The summed E-state index contributed by atoms with van der Waals surface area (Å²) in [5, 5.41) is 0. The zero-order chi connectivity index (χ0) is 25.4. The van der Waals surface area contributed by atoms with E-state index in [2.05, 4.69) is 20.7 Å². The molecule has 1 fully saturated rings. The molecule has 3 heterocycles. The lowest BCUT2D eigenvalue weighted by molar-refractivity contribution is 0.488. The van der Waals surface area contributed by atoms with Gasteiger partial charge in [-0.25, -0.2) is 18.2 Å². The lowest BCUT2D eigenvalue weighted by Gasteiger charge is -2.32. The molecule has 0 amide bonds. The highest BCUT2D eigenvalue weighted by Crippen LogP contribution is 2.33. The monoisotopic (exact) mass is 510 g/mol. The van der Waals surface area contributed by atoms with Gasteiger partial charge in [-0.05, 0) is 68.5 Å². The maximum atomic E-state index is 13.4. The van der Waals surface area contributed by atoms with Crippen molar-refractivity contribution in [2.45, 2.75) is 44.0 Å².